The van der Waals surface area contributed by atoms with Crippen molar-refractivity contribution >= 4 is 11.9 Å². The summed E-state index contributed by atoms with van der Waals surface area (Å²) < 4.78 is 5.45. The van der Waals surface area contributed by atoms with Crippen molar-refractivity contribution in [2.45, 2.75) is 315 Å². The number of carbonyl (C=O) groups is 2. The van der Waals surface area contributed by atoms with Gasteiger partial charge in [0.05, 0.1) is 25.4 Å². The smallest absolute Gasteiger partial charge is 0.305 e. The number of esters is 1. The first-order valence-electron chi connectivity index (χ1n) is 27.5. The molecule has 61 heavy (non-hydrogen) atoms. The van der Waals surface area contributed by atoms with Crippen LogP contribution in [-0.2, 0) is 14.3 Å². The summed E-state index contributed by atoms with van der Waals surface area (Å²) in [6.07, 6.45) is 59.3. The van der Waals surface area contributed by atoms with Gasteiger partial charge in [0.2, 0.25) is 5.91 Å². The van der Waals surface area contributed by atoms with E-state index in [-0.39, 0.29) is 18.5 Å². The fourth-order valence-corrected chi connectivity index (χ4v) is 8.58. The van der Waals surface area contributed by atoms with Gasteiger partial charge in [0.1, 0.15) is 0 Å². The lowest BCUT2D eigenvalue weighted by molar-refractivity contribution is -0.143. The molecule has 0 aromatic carbocycles. The molecule has 1 amide bonds. The summed E-state index contributed by atoms with van der Waals surface area (Å²) in [5, 5.41) is 23.1. The van der Waals surface area contributed by atoms with E-state index in [0.29, 0.717) is 19.4 Å². The number of hydrogen-bond donors (Lipinski definition) is 3. The van der Waals surface area contributed by atoms with Gasteiger partial charge in [-0.3, -0.25) is 9.59 Å². The predicted octanol–water partition coefficient (Wildman–Crippen LogP) is 16.5. The summed E-state index contributed by atoms with van der Waals surface area (Å²) in [5.41, 5.74) is 0. The van der Waals surface area contributed by atoms with E-state index in [1.807, 2.05) is 6.08 Å². The zero-order chi connectivity index (χ0) is 44.4. The Labute approximate surface area is 380 Å². The van der Waals surface area contributed by atoms with Crippen LogP contribution in [0, 0.1) is 0 Å². The maximum Gasteiger partial charge on any atom is 0.305 e. The highest BCUT2D eigenvalue weighted by Gasteiger charge is 2.18. The largest absolute Gasteiger partial charge is 0.466 e. The molecule has 2 unspecified atom stereocenters. The minimum atomic E-state index is -0.858. The molecule has 0 aliphatic heterocycles. The molecule has 2 atom stereocenters. The molecule has 0 radical (unpaired) electrons. The number of carbonyl (C=O) groups excluding carboxylic acids is 2. The second-order valence-corrected chi connectivity index (χ2v) is 18.9. The molecule has 0 heterocycles. The summed E-state index contributed by atoms with van der Waals surface area (Å²) >= 11 is 0. The summed E-state index contributed by atoms with van der Waals surface area (Å²) in [7, 11) is 0. The van der Waals surface area contributed by atoms with Crippen molar-refractivity contribution in [3.63, 3.8) is 0 Å². The van der Waals surface area contributed by atoms with E-state index in [1.165, 1.54) is 218 Å². The van der Waals surface area contributed by atoms with Gasteiger partial charge in [-0.15, -0.1) is 0 Å². The average Bonchev–Trinajstić information content (AvgIpc) is 3.26. The Hall–Kier alpha value is -1.40. The highest BCUT2D eigenvalue weighted by molar-refractivity contribution is 5.76. The van der Waals surface area contributed by atoms with Gasteiger partial charge in [-0.2, -0.15) is 0 Å². The molecule has 6 heteroatoms. The molecule has 0 spiro atoms. The van der Waals surface area contributed by atoms with Crippen LogP contribution in [0.25, 0.3) is 0 Å². The van der Waals surface area contributed by atoms with Gasteiger partial charge in [0.15, 0.2) is 0 Å². The number of allylic oxidation sites excluding steroid dienone is 1. The maximum atomic E-state index is 12.5. The van der Waals surface area contributed by atoms with Crippen molar-refractivity contribution in [2.75, 3.05) is 13.2 Å². The van der Waals surface area contributed by atoms with Crippen LogP contribution >= 0.6 is 0 Å². The van der Waals surface area contributed by atoms with Gasteiger partial charge in [-0.05, 0) is 32.1 Å². The molecule has 0 aliphatic rings. The number of aliphatic hydroxyl groups excluding tert-OH is 2. The van der Waals surface area contributed by atoms with Crippen LogP contribution in [0.4, 0.5) is 0 Å². The number of ether oxygens (including phenoxy) is 1. The summed E-state index contributed by atoms with van der Waals surface area (Å²) in [6, 6.07) is -0.644. The molecule has 3 N–H and O–H groups in total. The summed E-state index contributed by atoms with van der Waals surface area (Å²) in [4.78, 5) is 24.5. The van der Waals surface area contributed by atoms with Gasteiger partial charge >= 0.3 is 5.97 Å². The van der Waals surface area contributed by atoms with Crippen LogP contribution in [-0.4, -0.2) is 47.4 Å². The average molecular weight is 862 g/mol. The van der Waals surface area contributed by atoms with Crippen LogP contribution in [0.5, 0.6) is 0 Å². The highest BCUT2D eigenvalue weighted by Crippen LogP contribution is 2.17. The molecular formula is C55H107NO5. The van der Waals surface area contributed by atoms with Crippen molar-refractivity contribution in [3.8, 4) is 0 Å². The molecule has 0 saturated carbocycles. The number of nitrogens with one attached hydrogen (secondary N) is 1. The van der Waals surface area contributed by atoms with Crippen LogP contribution in [0.3, 0.4) is 0 Å². The molecule has 6 nitrogen and oxygen atoms in total. The minimum absolute atomic E-state index is 0.0194. The molecule has 0 rings (SSSR count). The first-order chi connectivity index (χ1) is 30.0. The fraction of sp³-hybridized carbons (Fsp3) is 0.927. The standard InChI is InChI=1S/C55H107NO5/c1-3-5-7-9-11-13-15-17-18-19-20-21-22-23-24-25-26-27-31-35-39-43-47-53(58)52(51-57)56-54(59)48-44-40-36-32-29-30-34-38-42-46-50-61-55(60)49-45-41-37-33-28-16-14-12-10-8-6-4-2/h43,47,52-53,57-58H,3-42,44-46,48-51H2,1-2H3,(H,56,59)/b47-43+. The molecular weight excluding hydrogens is 755 g/mol. The first-order valence-corrected chi connectivity index (χ1v) is 27.5. The normalized spacial score (nSPS) is 12.7. The third-order valence-corrected chi connectivity index (χ3v) is 12.8. The molecule has 0 saturated heterocycles. The molecule has 0 aliphatic carbocycles. The van der Waals surface area contributed by atoms with Crippen molar-refractivity contribution in [1.29, 1.82) is 0 Å². The third-order valence-electron chi connectivity index (χ3n) is 12.8. The Morgan fingerprint density at radius 3 is 1.11 bits per heavy atom. The van der Waals surface area contributed by atoms with Gasteiger partial charge in [0, 0.05) is 12.8 Å². The Kier molecular flexibility index (Phi) is 50.1. The number of hydrogen-bond acceptors (Lipinski definition) is 5. The van der Waals surface area contributed by atoms with Crippen molar-refractivity contribution < 1.29 is 24.5 Å². The number of unbranched alkanes of at least 4 members (excludes halogenated alkanes) is 40. The van der Waals surface area contributed by atoms with Gasteiger partial charge in [-0.25, -0.2) is 0 Å². The van der Waals surface area contributed by atoms with Gasteiger partial charge in [-0.1, -0.05) is 270 Å². The van der Waals surface area contributed by atoms with E-state index < -0.39 is 12.1 Å². The zero-order valence-corrected chi connectivity index (χ0v) is 41.2. The fourth-order valence-electron chi connectivity index (χ4n) is 8.58. The first kappa shape index (κ1) is 59.6. The number of aliphatic hydroxyl groups is 2. The quantitative estimate of drug-likeness (QED) is 0.0322. The zero-order valence-electron chi connectivity index (χ0n) is 41.2. The molecule has 362 valence electrons. The van der Waals surface area contributed by atoms with E-state index in [9.17, 15) is 19.8 Å². The SMILES string of the molecule is CCCCCCCCCCCCCCCCCCCCCC/C=C/C(O)C(CO)NC(=O)CCCCCCCCCCCCOC(=O)CCCCCCCCCCCCCC. The lowest BCUT2D eigenvalue weighted by Crippen LogP contribution is -2.45. The second-order valence-electron chi connectivity index (χ2n) is 18.9. The maximum absolute atomic E-state index is 12.5. The summed E-state index contributed by atoms with van der Waals surface area (Å²) in [6.45, 7) is 4.87. The van der Waals surface area contributed by atoms with Gasteiger partial charge in [0.25, 0.3) is 0 Å². The van der Waals surface area contributed by atoms with E-state index in [0.717, 1.165) is 57.8 Å². The highest BCUT2D eigenvalue weighted by atomic mass is 16.5. The second kappa shape index (κ2) is 51.2. The molecule has 0 aromatic heterocycles. The lowest BCUT2D eigenvalue weighted by Gasteiger charge is -2.20. The van der Waals surface area contributed by atoms with Crippen LogP contribution < -0.4 is 5.32 Å². The number of rotatable bonds is 51. The molecule has 0 fully saturated rings. The lowest BCUT2D eigenvalue weighted by atomic mass is 10.0. The molecule has 0 bridgehead atoms. The topological polar surface area (TPSA) is 95.9 Å². The van der Waals surface area contributed by atoms with E-state index >= 15 is 0 Å². The predicted molar refractivity (Wildman–Crippen MR) is 264 cm³/mol. The van der Waals surface area contributed by atoms with E-state index in [1.54, 1.807) is 6.08 Å². The molecule has 0 aromatic rings. The Bertz CT molecular complexity index is 909. The van der Waals surface area contributed by atoms with Crippen molar-refractivity contribution in [1.82, 2.24) is 5.32 Å². The monoisotopic (exact) mass is 862 g/mol. The third kappa shape index (κ3) is 47.9. The van der Waals surface area contributed by atoms with Crippen LogP contribution in [0.15, 0.2) is 12.2 Å². The number of amides is 1. The van der Waals surface area contributed by atoms with Crippen LogP contribution in [0.2, 0.25) is 0 Å². The Morgan fingerprint density at radius 2 is 0.754 bits per heavy atom. The Morgan fingerprint density at radius 1 is 0.443 bits per heavy atom. The Balaban J connectivity index is 3.51. The van der Waals surface area contributed by atoms with Crippen molar-refractivity contribution in [3.05, 3.63) is 12.2 Å². The van der Waals surface area contributed by atoms with Crippen LogP contribution in [0.1, 0.15) is 303 Å². The van der Waals surface area contributed by atoms with Crippen molar-refractivity contribution in [2.24, 2.45) is 0 Å². The van der Waals surface area contributed by atoms with E-state index in [2.05, 4.69) is 19.2 Å². The summed E-state index contributed by atoms with van der Waals surface area (Å²) in [5.74, 6) is -0.107. The van der Waals surface area contributed by atoms with Gasteiger partial charge < -0.3 is 20.3 Å². The minimum Gasteiger partial charge on any atom is -0.466 e. The van der Waals surface area contributed by atoms with E-state index in [4.69, 9.17) is 4.74 Å².